The zero-order valence-electron chi connectivity index (χ0n) is 23.5. The molecule has 6 nitrogen and oxygen atoms in total. The van der Waals surface area contributed by atoms with Crippen LogP contribution in [0.3, 0.4) is 0 Å². The number of rotatable bonds is 15. The highest BCUT2D eigenvalue weighted by molar-refractivity contribution is 5.82. The molecule has 0 heterocycles. The van der Waals surface area contributed by atoms with Gasteiger partial charge in [-0.25, -0.2) is 8.78 Å². The third kappa shape index (κ3) is 7.56. The van der Waals surface area contributed by atoms with Crippen molar-refractivity contribution >= 4 is 11.9 Å². The van der Waals surface area contributed by atoms with Crippen LogP contribution >= 0.6 is 0 Å². The van der Waals surface area contributed by atoms with Crippen molar-refractivity contribution in [3.63, 3.8) is 0 Å². The number of amides is 1. The number of unbranched alkanes of at least 4 members (excludes halogenated alkanes) is 1. The highest BCUT2D eigenvalue weighted by Gasteiger charge is 2.33. The first-order valence-corrected chi connectivity index (χ1v) is 13.7. The topological polar surface area (TPSA) is 84.9 Å². The van der Waals surface area contributed by atoms with Gasteiger partial charge in [0.05, 0.1) is 25.7 Å². The highest BCUT2D eigenvalue weighted by Crippen LogP contribution is 2.46. The standard InChI is InChI=1S/C32H39F2NO5/c1-6-9-10-14-40-27-15-19(4)30(33)20(5)29(27)22-16-23(21-12-13-21)31(34)24(17-22)25(18-28(37)39-8-3)35-32(38)26(36)11-7-2/h6-7,15-17,21,25-26,36H,1-2,8-14,18H2,3-5H3,(H,35,38)/t25-,26+/m0/s1. The lowest BCUT2D eigenvalue weighted by Gasteiger charge is -2.24. The predicted octanol–water partition coefficient (Wildman–Crippen LogP) is 6.52. The van der Waals surface area contributed by atoms with E-state index >= 15 is 8.78 Å². The molecule has 0 bridgehead atoms. The number of esters is 1. The van der Waals surface area contributed by atoms with Gasteiger partial charge in [-0.05, 0) is 92.8 Å². The molecule has 0 saturated heterocycles. The summed E-state index contributed by atoms with van der Waals surface area (Å²) in [5.41, 5.74) is 2.27. The van der Waals surface area contributed by atoms with E-state index in [1.54, 1.807) is 39.0 Å². The first-order valence-electron chi connectivity index (χ1n) is 13.7. The molecule has 0 aliphatic heterocycles. The zero-order chi connectivity index (χ0) is 29.4. The molecule has 1 fully saturated rings. The van der Waals surface area contributed by atoms with Crippen LogP contribution in [0, 0.1) is 25.5 Å². The van der Waals surface area contributed by atoms with Gasteiger partial charge in [0.1, 0.15) is 23.5 Å². The van der Waals surface area contributed by atoms with Crippen LogP contribution in [-0.2, 0) is 14.3 Å². The maximum absolute atomic E-state index is 16.1. The van der Waals surface area contributed by atoms with E-state index in [0.717, 1.165) is 25.7 Å². The largest absolute Gasteiger partial charge is 0.493 e. The number of aliphatic hydroxyl groups is 1. The smallest absolute Gasteiger partial charge is 0.308 e. The molecule has 2 aromatic rings. The number of carbonyl (C=O) groups excluding carboxylic acids is 2. The molecule has 216 valence electrons. The second-order valence-electron chi connectivity index (χ2n) is 10.1. The lowest BCUT2D eigenvalue weighted by molar-refractivity contribution is -0.144. The number of allylic oxidation sites excluding steroid dienone is 1. The number of aliphatic hydroxyl groups excluding tert-OH is 1. The van der Waals surface area contributed by atoms with Crippen molar-refractivity contribution in [1.29, 1.82) is 0 Å². The number of benzene rings is 2. The van der Waals surface area contributed by atoms with Gasteiger partial charge in [-0.15, -0.1) is 13.2 Å². The molecule has 0 spiro atoms. The summed E-state index contributed by atoms with van der Waals surface area (Å²) in [7, 11) is 0. The Morgan fingerprint density at radius 3 is 2.50 bits per heavy atom. The second kappa shape index (κ2) is 14.2. The minimum absolute atomic E-state index is 0.0117. The summed E-state index contributed by atoms with van der Waals surface area (Å²) in [6.07, 6.45) is 4.47. The van der Waals surface area contributed by atoms with Gasteiger partial charge in [0.25, 0.3) is 0 Å². The van der Waals surface area contributed by atoms with Crippen LogP contribution in [0.1, 0.15) is 79.7 Å². The van der Waals surface area contributed by atoms with Gasteiger partial charge < -0.3 is 19.9 Å². The average Bonchev–Trinajstić information content (AvgIpc) is 3.75. The lowest BCUT2D eigenvalue weighted by Crippen LogP contribution is -2.38. The molecule has 0 aromatic heterocycles. The van der Waals surface area contributed by atoms with Crippen molar-refractivity contribution in [3.05, 3.63) is 77.4 Å². The quantitative estimate of drug-likeness (QED) is 0.149. The van der Waals surface area contributed by atoms with Crippen LogP contribution in [0.2, 0.25) is 0 Å². The van der Waals surface area contributed by atoms with Crippen LogP contribution in [0.4, 0.5) is 8.78 Å². The molecule has 1 amide bonds. The summed E-state index contributed by atoms with van der Waals surface area (Å²) in [6.45, 7) is 12.7. The number of hydrogen-bond acceptors (Lipinski definition) is 5. The van der Waals surface area contributed by atoms with Gasteiger partial charge in [-0.1, -0.05) is 12.2 Å². The molecular formula is C32H39F2NO5. The van der Waals surface area contributed by atoms with E-state index in [0.29, 0.717) is 40.2 Å². The first kappa shape index (κ1) is 31.0. The first-order chi connectivity index (χ1) is 19.1. The molecule has 8 heteroatoms. The Bertz CT molecular complexity index is 1250. The van der Waals surface area contributed by atoms with Crippen LogP contribution in [-0.4, -0.2) is 36.3 Å². The average molecular weight is 556 g/mol. The van der Waals surface area contributed by atoms with Crippen molar-refractivity contribution in [3.8, 4) is 16.9 Å². The summed E-state index contributed by atoms with van der Waals surface area (Å²) in [6, 6.07) is 3.74. The Labute approximate surface area is 235 Å². The third-order valence-corrected chi connectivity index (χ3v) is 6.95. The van der Waals surface area contributed by atoms with E-state index in [-0.39, 0.29) is 30.9 Å². The Morgan fingerprint density at radius 1 is 1.15 bits per heavy atom. The Kier molecular flexibility index (Phi) is 11.0. The number of aryl methyl sites for hydroxylation is 1. The van der Waals surface area contributed by atoms with E-state index < -0.39 is 35.7 Å². The predicted molar refractivity (Wildman–Crippen MR) is 151 cm³/mol. The molecular weight excluding hydrogens is 516 g/mol. The molecule has 0 unspecified atom stereocenters. The van der Waals surface area contributed by atoms with E-state index in [9.17, 15) is 14.7 Å². The van der Waals surface area contributed by atoms with Crippen molar-refractivity contribution in [2.45, 2.75) is 77.4 Å². The summed E-state index contributed by atoms with van der Waals surface area (Å²) in [4.78, 5) is 25.3. The van der Waals surface area contributed by atoms with Gasteiger partial charge >= 0.3 is 5.97 Å². The monoisotopic (exact) mass is 555 g/mol. The summed E-state index contributed by atoms with van der Waals surface area (Å²) in [5, 5.41) is 12.8. The highest BCUT2D eigenvalue weighted by atomic mass is 19.1. The van der Waals surface area contributed by atoms with Crippen LogP contribution in [0.5, 0.6) is 5.75 Å². The summed E-state index contributed by atoms with van der Waals surface area (Å²) < 4.78 is 42.5. The Hall–Kier alpha value is -3.52. The minimum Gasteiger partial charge on any atom is -0.493 e. The van der Waals surface area contributed by atoms with E-state index in [2.05, 4.69) is 18.5 Å². The zero-order valence-corrected chi connectivity index (χ0v) is 23.5. The van der Waals surface area contributed by atoms with Gasteiger partial charge in [0, 0.05) is 17.5 Å². The molecule has 2 N–H and O–H groups in total. The number of nitrogens with one attached hydrogen (secondary N) is 1. The van der Waals surface area contributed by atoms with Gasteiger partial charge in [-0.2, -0.15) is 0 Å². The Morgan fingerprint density at radius 2 is 1.88 bits per heavy atom. The van der Waals surface area contributed by atoms with Crippen LogP contribution in [0.25, 0.3) is 11.1 Å². The van der Waals surface area contributed by atoms with Crippen molar-refractivity contribution in [1.82, 2.24) is 5.32 Å². The molecule has 2 atom stereocenters. The fourth-order valence-corrected chi connectivity index (χ4v) is 4.72. The number of ether oxygens (including phenoxy) is 2. The molecule has 0 radical (unpaired) electrons. The number of hydrogen-bond donors (Lipinski definition) is 2. The van der Waals surface area contributed by atoms with Gasteiger partial charge in [-0.3, -0.25) is 9.59 Å². The normalized spacial score (nSPS) is 14.2. The molecule has 1 aliphatic carbocycles. The molecule has 40 heavy (non-hydrogen) atoms. The maximum atomic E-state index is 16.1. The molecule has 1 saturated carbocycles. The molecule has 1 aliphatic rings. The van der Waals surface area contributed by atoms with Gasteiger partial charge in [0.15, 0.2) is 0 Å². The van der Waals surface area contributed by atoms with Crippen LogP contribution in [0.15, 0.2) is 43.5 Å². The third-order valence-electron chi connectivity index (χ3n) is 6.95. The fourth-order valence-electron chi connectivity index (χ4n) is 4.72. The Balaban J connectivity index is 2.17. The fraction of sp³-hybridized carbons (Fsp3) is 0.438. The SMILES string of the molecule is C=CCCCOc1cc(C)c(F)c(C)c1-c1cc(C2CC2)c(F)c([C@H](CC(=O)OCC)NC(=O)[C@H](O)CC=C)c1. The minimum atomic E-state index is -1.42. The molecule has 2 aromatic carbocycles. The van der Waals surface area contributed by atoms with Crippen molar-refractivity contribution < 1.29 is 33.0 Å². The maximum Gasteiger partial charge on any atom is 0.308 e. The molecule has 3 rings (SSSR count). The van der Waals surface area contributed by atoms with E-state index in [1.807, 2.05) is 0 Å². The van der Waals surface area contributed by atoms with Crippen molar-refractivity contribution in [2.24, 2.45) is 0 Å². The lowest BCUT2D eigenvalue weighted by atomic mass is 9.89. The summed E-state index contributed by atoms with van der Waals surface area (Å²) in [5.74, 6) is -1.90. The van der Waals surface area contributed by atoms with Crippen molar-refractivity contribution in [2.75, 3.05) is 13.2 Å². The summed E-state index contributed by atoms with van der Waals surface area (Å²) >= 11 is 0. The van der Waals surface area contributed by atoms with Gasteiger partial charge in [0.2, 0.25) is 5.91 Å². The second-order valence-corrected chi connectivity index (χ2v) is 10.1. The van der Waals surface area contributed by atoms with Crippen LogP contribution < -0.4 is 10.1 Å². The number of carbonyl (C=O) groups is 2. The van der Waals surface area contributed by atoms with E-state index in [4.69, 9.17) is 9.47 Å². The van der Waals surface area contributed by atoms with E-state index in [1.165, 1.54) is 12.1 Å². The number of halogens is 2.